The molecule has 32 heavy (non-hydrogen) atoms. The van der Waals surface area contributed by atoms with Crippen LogP contribution in [0.2, 0.25) is 0 Å². The number of carbonyl (C=O) groups is 2. The van der Waals surface area contributed by atoms with Crippen LogP contribution in [0.3, 0.4) is 0 Å². The van der Waals surface area contributed by atoms with Crippen LogP contribution >= 0.6 is 35.3 Å². The smallest absolute Gasteiger partial charge is 0.298 e. The highest BCUT2D eigenvalue weighted by Crippen LogP contribution is 2.36. The zero-order chi connectivity index (χ0) is 23.0. The first-order valence-electron chi connectivity index (χ1n) is 8.99. The monoisotopic (exact) mass is 494 g/mol. The van der Waals surface area contributed by atoms with E-state index < -0.39 is 23.6 Å². The van der Waals surface area contributed by atoms with Crippen LogP contribution in [-0.2, 0) is 15.8 Å². The van der Waals surface area contributed by atoms with E-state index in [1.165, 1.54) is 40.5 Å². The first-order chi connectivity index (χ1) is 15.2. The Bertz CT molecular complexity index is 1290. The lowest BCUT2D eigenvalue weighted by Gasteiger charge is -2.27. The van der Waals surface area contributed by atoms with Crippen molar-refractivity contribution in [2.75, 3.05) is 6.54 Å². The van der Waals surface area contributed by atoms with Gasteiger partial charge in [0, 0.05) is 23.0 Å². The van der Waals surface area contributed by atoms with Gasteiger partial charge in [-0.3, -0.25) is 24.2 Å². The summed E-state index contributed by atoms with van der Waals surface area (Å²) in [5.74, 6) is -1.26. The van der Waals surface area contributed by atoms with Crippen molar-refractivity contribution in [3.8, 4) is 0 Å². The van der Waals surface area contributed by atoms with E-state index >= 15 is 0 Å². The molecule has 3 heterocycles. The van der Waals surface area contributed by atoms with Gasteiger partial charge < -0.3 is 0 Å². The van der Waals surface area contributed by atoms with Gasteiger partial charge in [0.15, 0.2) is 10.1 Å². The van der Waals surface area contributed by atoms with E-state index in [1.54, 1.807) is 16.0 Å². The number of thiazole rings is 1. The summed E-state index contributed by atoms with van der Waals surface area (Å²) >= 11 is 7.37. The van der Waals surface area contributed by atoms with Crippen LogP contribution in [-0.4, -0.2) is 37.8 Å². The Hall–Kier alpha value is -2.96. The number of amides is 2. The Kier molecular flexibility index (Phi) is 5.93. The number of fused-ring (bicyclic) bond motifs is 1. The second kappa shape index (κ2) is 8.52. The van der Waals surface area contributed by atoms with Crippen LogP contribution in [0.1, 0.15) is 11.3 Å². The minimum Gasteiger partial charge on any atom is -0.298 e. The summed E-state index contributed by atoms with van der Waals surface area (Å²) in [5.41, 5.74) is -0.549. The SMILES string of the molecule is C=CCN1C(=O)C(=Cc2c(Sc3cccc(C(F)(F)F)c3)nc3sccn23)C(=O)NC1=S. The third-order valence-electron chi connectivity index (χ3n) is 4.42. The maximum absolute atomic E-state index is 13.1. The van der Waals surface area contributed by atoms with Crippen molar-refractivity contribution in [3.63, 3.8) is 0 Å². The molecule has 0 bridgehead atoms. The Morgan fingerprint density at radius 3 is 2.81 bits per heavy atom. The molecule has 1 fully saturated rings. The Morgan fingerprint density at radius 2 is 2.09 bits per heavy atom. The molecule has 1 aliphatic rings. The lowest BCUT2D eigenvalue weighted by atomic mass is 10.1. The average Bonchev–Trinajstić information content (AvgIpc) is 3.30. The number of alkyl halides is 3. The third kappa shape index (κ3) is 4.20. The van der Waals surface area contributed by atoms with E-state index in [9.17, 15) is 22.8 Å². The fourth-order valence-corrected chi connectivity index (χ4v) is 4.94. The van der Waals surface area contributed by atoms with Crippen molar-refractivity contribution in [1.82, 2.24) is 19.6 Å². The number of thiocarbonyl (C=S) groups is 1. The van der Waals surface area contributed by atoms with Gasteiger partial charge in [-0.15, -0.1) is 17.9 Å². The van der Waals surface area contributed by atoms with Crippen molar-refractivity contribution in [1.29, 1.82) is 0 Å². The highest BCUT2D eigenvalue weighted by atomic mass is 32.2. The van der Waals surface area contributed by atoms with E-state index in [2.05, 4.69) is 16.9 Å². The molecular formula is C20H13F3N4O2S3. The van der Waals surface area contributed by atoms with Gasteiger partial charge in [0.05, 0.1) is 11.3 Å². The molecule has 1 aliphatic heterocycles. The second-order valence-corrected chi connectivity index (χ2v) is 8.83. The maximum Gasteiger partial charge on any atom is 0.416 e. The fraction of sp³-hybridized carbons (Fsp3) is 0.100. The molecule has 4 rings (SSSR count). The van der Waals surface area contributed by atoms with Crippen molar-refractivity contribution in [2.45, 2.75) is 16.1 Å². The maximum atomic E-state index is 13.1. The lowest BCUT2D eigenvalue weighted by molar-refractivity contribution is -0.137. The van der Waals surface area contributed by atoms with Crippen LogP contribution in [0.25, 0.3) is 11.0 Å². The molecule has 0 spiro atoms. The van der Waals surface area contributed by atoms with Gasteiger partial charge in [-0.2, -0.15) is 13.2 Å². The second-order valence-electron chi connectivity index (χ2n) is 6.51. The van der Waals surface area contributed by atoms with Crippen LogP contribution in [0, 0.1) is 0 Å². The van der Waals surface area contributed by atoms with Gasteiger partial charge in [0.1, 0.15) is 10.6 Å². The molecule has 164 valence electrons. The summed E-state index contributed by atoms with van der Waals surface area (Å²) in [4.78, 5) is 31.9. The number of halogens is 3. The lowest BCUT2D eigenvalue weighted by Crippen LogP contribution is -2.53. The molecule has 3 aromatic rings. The molecule has 0 saturated carbocycles. The summed E-state index contributed by atoms with van der Waals surface area (Å²) in [6.45, 7) is 3.69. The van der Waals surface area contributed by atoms with Crippen molar-refractivity contribution >= 4 is 63.3 Å². The van der Waals surface area contributed by atoms with Crippen molar-refractivity contribution in [2.24, 2.45) is 0 Å². The number of carbonyl (C=O) groups excluding carboxylic acids is 2. The van der Waals surface area contributed by atoms with Gasteiger partial charge in [-0.25, -0.2) is 4.98 Å². The zero-order valence-electron chi connectivity index (χ0n) is 16.0. The van der Waals surface area contributed by atoms with E-state index in [0.717, 1.165) is 23.9 Å². The standard InChI is InChI=1S/C20H13F3N4O2S3/c1-2-6-27-17(29)13(15(28)24-18(27)30)10-14-16(25-19-26(14)7-8-31-19)32-12-5-3-4-11(9-12)20(21,22)23/h2-5,7-10H,1,6H2,(H,24,28,30). The molecule has 1 aromatic carbocycles. The molecule has 6 nitrogen and oxygen atoms in total. The molecular weight excluding hydrogens is 481 g/mol. The molecule has 2 amide bonds. The minimum atomic E-state index is -4.48. The molecule has 12 heteroatoms. The molecule has 0 radical (unpaired) electrons. The Morgan fingerprint density at radius 1 is 1.31 bits per heavy atom. The predicted octanol–water partition coefficient (Wildman–Crippen LogP) is 4.38. The third-order valence-corrected chi connectivity index (χ3v) is 6.48. The molecule has 0 atom stereocenters. The van der Waals surface area contributed by atoms with E-state index in [1.807, 2.05) is 0 Å². The van der Waals surface area contributed by atoms with Crippen molar-refractivity contribution in [3.05, 3.63) is 65.3 Å². The van der Waals surface area contributed by atoms with Crippen LogP contribution < -0.4 is 5.32 Å². The number of nitrogens with one attached hydrogen (secondary N) is 1. The summed E-state index contributed by atoms with van der Waals surface area (Å²) in [6, 6.07) is 4.86. The quantitative estimate of drug-likeness (QED) is 0.247. The number of hydrogen-bond acceptors (Lipinski definition) is 6. The topological polar surface area (TPSA) is 66.7 Å². The predicted molar refractivity (Wildman–Crippen MR) is 119 cm³/mol. The number of rotatable bonds is 5. The Balaban J connectivity index is 1.77. The highest BCUT2D eigenvalue weighted by molar-refractivity contribution is 7.99. The number of nitrogens with zero attached hydrogens (tertiary/aromatic N) is 3. The van der Waals surface area contributed by atoms with Crippen molar-refractivity contribution < 1.29 is 22.8 Å². The average molecular weight is 495 g/mol. The van der Waals surface area contributed by atoms with Gasteiger partial charge in [0.2, 0.25) is 0 Å². The van der Waals surface area contributed by atoms with Crippen LogP contribution in [0.4, 0.5) is 13.2 Å². The van der Waals surface area contributed by atoms with Crippen LogP contribution in [0.5, 0.6) is 0 Å². The molecule has 0 unspecified atom stereocenters. The first kappa shape index (κ1) is 22.2. The summed E-state index contributed by atoms with van der Waals surface area (Å²) in [5, 5.41) is 4.56. The molecule has 1 N–H and O–H groups in total. The summed E-state index contributed by atoms with van der Waals surface area (Å²) in [7, 11) is 0. The van der Waals surface area contributed by atoms with E-state index in [4.69, 9.17) is 12.2 Å². The minimum absolute atomic E-state index is 0.0235. The van der Waals surface area contributed by atoms with Gasteiger partial charge in [-0.1, -0.05) is 23.9 Å². The molecule has 2 aromatic heterocycles. The first-order valence-corrected chi connectivity index (χ1v) is 11.1. The normalized spacial score (nSPS) is 16.2. The molecule has 1 saturated heterocycles. The largest absolute Gasteiger partial charge is 0.416 e. The number of imidazole rings is 1. The van der Waals surface area contributed by atoms with E-state index in [0.29, 0.717) is 20.6 Å². The van der Waals surface area contributed by atoms with E-state index in [-0.39, 0.29) is 17.2 Å². The number of hydrogen-bond donors (Lipinski definition) is 1. The van der Waals surface area contributed by atoms with Gasteiger partial charge >= 0.3 is 6.18 Å². The highest BCUT2D eigenvalue weighted by Gasteiger charge is 2.34. The fourth-order valence-electron chi connectivity index (χ4n) is 2.96. The molecule has 0 aliphatic carbocycles. The summed E-state index contributed by atoms with van der Waals surface area (Å²) < 4.78 is 40.9. The van der Waals surface area contributed by atoms with Crippen LogP contribution in [0.15, 0.2) is 64.0 Å². The zero-order valence-corrected chi connectivity index (χ0v) is 18.5. The Labute approximate surface area is 193 Å². The van der Waals surface area contributed by atoms with Gasteiger partial charge in [-0.05, 0) is 36.5 Å². The van der Waals surface area contributed by atoms with Gasteiger partial charge in [0.25, 0.3) is 11.8 Å². The number of aromatic nitrogens is 2. The summed E-state index contributed by atoms with van der Waals surface area (Å²) in [6.07, 6.45) is 0.0742. The number of benzene rings is 1.